The molecule has 0 unspecified atom stereocenters. The van der Waals surface area contributed by atoms with Crippen molar-refractivity contribution in [2.24, 2.45) is 0 Å². The molecule has 0 spiro atoms. The Bertz CT molecular complexity index is 494. The Morgan fingerprint density at radius 1 is 1.40 bits per heavy atom. The van der Waals surface area contributed by atoms with Crippen molar-refractivity contribution in [3.63, 3.8) is 0 Å². The largest absolute Gasteiger partial charge is 0.494 e. The van der Waals surface area contributed by atoms with Crippen LogP contribution in [0.15, 0.2) is 35.3 Å². The lowest BCUT2D eigenvalue weighted by Crippen LogP contribution is -1.89. The fourth-order valence-corrected chi connectivity index (χ4v) is 1.48. The number of hydrogen-bond donors (Lipinski definition) is 0. The molecule has 0 fully saturated rings. The quantitative estimate of drug-likeness (QED) is 0.754. The van der Waals surface area contributed by atoms with Gasteiger partial charge in [-0.2, -0.15) is 0 Å². The van der Waals surface area contributed by atoms with Gasteiger partial charge in [0.2, 0.25) is 0 Å². The Balaban J connectivity index is 2.47. The van der Waals surface area contributed by atoms with Crippen LogP contribution in [0, 0.1) is 0 Å². The van der Waals surface area contributed by atoms with E-state index in [4.69, 9.17) is 9.15 Å². The van der Waals surface area contributed by atoms with Crippen LogP contribution in [0.1, 0.15) is 19.6 Å². The topological polar surface area (TPSA) is 22.4 Å². The molecule has 1 aromatic heterocycles. The molecule has 1 heterocycles. The number of furan rings is 1. The summed E-state index contributed by atoms with van der Waals surface area (Å²) >= 11 is 0. The minimum atomic E-state index is 0.666. The summed E-state index contributed by atoms with van der Waals surface area (Å²) in [6.07, 6.45) is 0. The van der Waals surface area contributed by atoms with Crippen LogP contribution in [0.25, 0.3) is 16.5 Å². The number of rotatable bonds is 3. The number of fused-ring (bicyclic) bond motifs is 1. The van der Waals surface area contributed by atoms with Gasteiger partial charge in [-0.1, -0.05) is 6.58 Å². The maximum Gasteiger partial charge on any atom is 0.138 e. The van der Waals surface area contributed by atoms with E-state index < -0.39 is 0 Å². The van der Waals surface area contributed by atoms with Crippen molar-refractivity contribution in [3.05, 3.63) is 36.6 Å². The molecule has 0 aliphatic rings. The summed E-state index contributed by atoms with van der Waals surface area (Å²) in [5, 5.41) is 1.08. The summed E-state index contributed by atoms with van der Waals surface area (Å²) in [6, 6.07) is 7.85. The third-order valence-electron chi connectivity index (χ3n) is 2.22. The minimum absolute atomic E-state index is 0.666. The summed E-state index contributed by atoms with van der Waals surface area (Å²) in [7, 11) is 0. The van der Waals surface area contributed by atoms with Crippen molar-refractivity contribution in [2.45, 2.75) is 13.8 Å². The van der Waals surface area contributed by atoms with E-state index >= 15 is 0 Å². The second-order valence-corrected chi connectivity index (χ2v) is 3.52. The van der Waals surface area contributed by atoms with Crippen molar-refractivity contribution in [3.8, 4) is 5.75 Å². The lowest BCUT2D eigenvalue weighted by atomic mass is 10.2. The SMILES string of the molecule is C=C(C)c1cc2ccc(OCC)cc2o1. The first-order chi connectivity index (χ1) is 7.20. The first-order valence-corrected chi connectivity index (χ1v) is 5.03. The first-order valence-electron chi connectivity index (χ1n) is 5.03. The summed E-state index contributed by atoms with van der Waals surface area (Å²) in [5.74, 6) is 1.67. The molecule has 2 nitrogen and oxygen atoms in total. The van der Waals surface area contributed by atoms with E-state index in [1.165, 1.54) is 0 Å². The molecule has 0 atom stereocenters. The third-order valence-corrected chi connectivity index (χ3v) is 2.22. The molecule has 78 valence electrons. The van der Waals surface area contributed by atoms with Gasteiger partial charge >= 0.3 is 0 Å². The highest BCUT2D eigenvalue weighted by molar-refractivity contribution is 5.82. The second kappa shape index (κ2) is 3.81. The van der Waals surface area contributed by atoms with E-state index in [1.807, 2.05) is 38.1 Å². The second-order valence-electron chi connectivity index (χ2n) is 3.52. The van der Waals surface area contributed by atoms with Crippen molar-refractivity contribution >= 4 is 16.5 Å². The van der Waals surface area contributed by atoms with Gasteiger partial charge in [0.15, 0.2) is 0 Å². The molecule has 0 amide bonds. The molecule has 2 heteroatoms. The Kier molecular flexibility index (Phi) is 2.50. The van der Waals surface area contributed by atoms with Gasteiger partial charge in [-0.25, -0.2) is 0 Å². The number of benzene rings is 1. The lowest BCUT2D eigenvalue weighted by Gasteiger charge is -2.00. The van der Waals surface area contributed by atoms with Crippen LogP contribution in [-0.4, -0.2) is 6.61 Å². The molecule has 0 saturated heterocycles. The fraction of sp³-hybridized carbons (Fsp3) is 0.231. The van der Waals surface area contributed by atoms with Gasteiger partial charge in [0.25, 0.3) is 0 Å². The first kappa shape index (κ1) is 9.84. The summed E-state index contributed by atoms with van der Waals surface area (Å²) < 4.78 is 11.0. The molecule has 0 saturated carbocycles. The van der Waals surface area contributed by atoms with Gasteiger partial charge in [0.1, 0.15) is 17.1 Å². The molecular formula is C13H14O2. The average Bonchev–Trinajstić information content (AvgIpc) is 2.61. The highest BCUT2D eigenvalue weighted by Gasteiger charge is 2.05. The van der Waals surface area contributed by atoms with Crippen LogP contribution < -0.4 is 4.74 Å². The Labute approximate surface area is 89.2 Å². The van der Waals surface area contributed by atoms with Gasteiger partial charge in [-0.05, 0) is 37.6 Å². The van der Waals surface area contributed by atoms with Gasteiger partial charge < -0.3 is 9.15 Å². The van der Waals surface area contributed by atoms with Crippen LogP contribution >= 0.6 is 0 Å². The molecule has 0 N–H and O–H groups in total. The predicted molar refractivity (Wildman–Crippen MR) is 62.1 cm³/mol. The van der Waals surface area contributed by atoms with Gasteiger partial charge in [0, 0.05) is 11.5 Å². The Morgan fingerprint density at radius 2 is 2.20 bits per heavy atom. The van der Waals surface area contributed by atoms with Crippen LogP contribution in [0.2, 0.25) is 0 Å². The van der Waals surface area contributed by atoms with E-state index in [2.05, 4.69) is 6.58 Å². The van der Waals surface area contributed by atoms with E-state index in [-0.39, 0.29) is 0 Å². The van der Waals surface area contributed by atoms with Crippen LogP contribution in [0.3, 0.4) is 0 Å². The molecule has 0 bridgehead atoms. The predicted octanol–water partition coefficient (Wildman–Crippen LogP) is 3.86. The average molecular weight is 202 g/mol. The molecular weight excluding hydrogens is 188 g/mol. The number of ether oxygens (including phenoxy) is 1. The van der Waals surface area contributed by atoms with Crippen LogP contribution in [0.5, 0.6) is 5.75 Å². The van der Waals surface area contributed by atoms with Gasteiger partial charge in [-0.15, -0.1) is 0 Å². The van der Waals surface area contributed by atoms with E-state index in [9.17, 15) is 0 Å². The molecule has 0 radical (unpaired) electrons. The zero-order valence-corrected chi connectivity index (χ0v) is 9.04. The molecule has 0 aliphatic heterocycles. The molecule has 0 aliphatic carbocycles. The summed E-state index contributed by atoms with van der Waals surface area (Å²) in [4.78, 5) is 0. The zero-order valence-electron chi connectivity index (χ0n) is 9.04. The third kappa shape index (κ3) is 1.89. The highest BCUT2D eigenvalue weighted by Crippen LogP contribution is 2.26. The van der Waals surface area contributed by atoms with Crippen molar-refractivity contribution in [2.75, 3.05) is 6.61 Å². The van der Waals surface area contributed by atoms with Crippen molar-refractivity contribution < 1.29 is 9.15 Å². The van der Waals surface area contributed by atoms with Crippen molar-refractivity contribution in [1.82, 2.24) is 0 Å². The summed E-state index contributed by atoms with van der Waals surface area (Å²) in [5.41, 5.74) is 1.78. The van der Waals surface area contributed by atoms with Crippen LogP contribution in [0.4, 0.5) is 0 Å². The number of hydrogen-bond acceptors (Lipinski definition) is 2. The molecule has 2 rings (SSSR count). The molecule has 15 heavy (non-hydrogen) atoms. The fourth-order valence-electron chi connectivity index (χ4n) is 1.48. The van der Waals surface area contributed by atoms with E-state index in [0.29, 0.717) is 6.61 Å². The van der Waals surface area contributed by atoms with Gasteiger partial charge in [-0.3, -0.25) is 0 Å². The van der Waals surface area contributed by atoms with Gasteiger partial charge in [0.05, 0.1) is 6.61 Å². The zero-order chi connectivity index (χ0) is 10.8. The smallest absolute Gasteiger partial charge is 0.138 e. The maximum atomic E-state index is 5.64. The maximum absolute atomic E-state index is 5.64. The van der Waals surface area contributed by atoms with Crippen LogP contribution in [-0.2, 0) is 0 Å². The molecule has 1 aromatic carbocycles. The minimum Gasteiger partial charge on any atom is -0.494 e. The number of allylic oxidation sites excluding steroid dienone is 1. The molecule has 2 aromatic rings. The lowest BCUT2D eigenvalue weighted by molar-refractivity contribution is 0.340. The Hall–Kier alpha value is -1.70. The summed E-state index contributed by atoms with van der Waals surface area (Å²) in [6.45, 7) is 8.42. The standard InChI is InChI=1S/C13H14O2/c1-4-14-11-6-5-10-7-12(9(2)3)15-13(10)8-11/h5-8H,2,4H2,1,3H3. The van der Waals surface area contributed by atoms with E-state index in [1.54, 1.807) is 0 Å². The Morgan fingerprint density at radius 3 is 2.87 bits per heavy atom. The van der Waals surface area contributed by atoms with E-state index in [0.717, 1.165) is 28.1 Å². The van der Waals surface area contributed by atoms with Crippen molar-refractivity contribution in [1.29, 1.82) is 0 Å². The monoisotopic (exact) mass is 202 g/mol. The normalized spacial score (nSPS) is 10.5. The highest BCUT2D eigenvalue weighted by atomic mass is 16.5.